The highest BCUT2D eigenvalue weighted by atomic mass is 35.5. The van der Waals surface area contributed by atoms with Gasteiger partial charge in [0.05, 0.1) is 0 Å². The molecule has 0 N–H and O–H groups in total. The van der Waals surface area contributed by atoms with Crippen molar-refractivity contribution in [3.63, 3.8) is 0 Å². The summed E-state index contributed by atoms with van der Waals surface area (Å²) in [5, 5.41) is 0.790. The van der Waals surface area contributed by atoms with Gasteiger partial charge in [0.2, 0.25) is 0 Å². The van der Waals surface area contributed by atoms with E-state index in [1.165, 1.54) is 16.4 Å². The van der Waals surface area contributed by atoms with Gasteiger partial charge in [-0.1, -0.05) is 34.8 Å². The second-order valence-electron chi connectivity index (χ2n) is 2.66. The zero-order valence-corrected chi connectivity index (χ0v) is 12.1. The molecule has 0 unspecified atom stereocenters. The SMILES string of the molecule is S=P1(Sc2ccc(Cl)cc2)SCCS1. The third-order valence-electron chi connectivity index (χ3n) is 1.61. The van der Waals surface area contributed by atoms with Crippen LogP contribution in [0, 0.1) is 0 Å². The van der Waals surface area contributed by atoms with Gasteiger partial charge in [-0.2, -0.15) is 0 Å². The summed E-state index contributed by atoms with van der Waals surface area (Å²) in [6.07, 6.45) is 0. The monoisotopic (exact) mass is 298 g/mol. The van der Waals surface area contributed by atoms with E-state index in [1.54, 1.807) is 0 Å². The van der Waals surface area contributed by atoms with E-state index in [0.29, 0.717) is 0 Å². The number of halogens is 1. The van der Waals surface area contributed by atoms with Gasteiger partial charge >= 0.3 is 0 Å². The van der Waals surface area contributed by atoms with Crippen LogP contribution in [0.3, 0.4) is 0 Å². The molecule has 1 heterocycles. The molecule has 14 heavy (non-hydrogen) atoms. The summed E-state index contributed by atoms with van der Waals surface area (Å²) in [4.78, 5) is 1.25. The molecule has 0 aliphatic carbocycles. The van der Waals surface area contributed by atoms with Crippen LogP contribution in [0.25, 0.3) is 0 Å². The van der Waals surface area contributed by atoms with E-state index in [9.17, 15) is 0 Å². The third-order valence-corrected chi connectivity index (χ3v) is 16.2. The van der Waals surface area contributed by atoms with Crippen molar-refractivity contribution in [2.24, 2.45) is 0 Å². The van der Waals surface area contributed by atoms with Crippen LogP contribution < -0.4 is 0 Å². The van der Waals surface area contributed by atoms with Gasteiger partial charge in [0.15, 0.2) is 0 Å². The Bertz CT molecular complexity index is 354. The largest absolute Gasteiger partial charge is 0.114 e. The molecule has 0 saturated carbocycles. The Morgan fingerprint density at radius 3 is 2.36 bits per heavy atom. The minimum absolute atomic E-state index is 0.790. The van der Waals surface area contributed by atoms with E-state index in [0.717, 1.165) is 5.02 Å². The van der Waals surface area contributed by atoms with Crippen molar-refractivity contribution in [1.29, 1.82) is 0 Å². The fraction of sp³-hybridized carbons (Fsp3) is 0.250. The third kappa shape index (κ3) is 3.10. The van der Waals surface area contributed by atoms with Crippen LogP contribution in [0.2, 0.25) is 5.02 Å². The molecule has 1 aromatic rings. The van der Waals surface area contributed by atoms with Crippen LogP contribution >= 0.6 is 49.4 Å². The first-order valence-electron chi connectivity index (χ1n) is 4.02. The van der Waals surface area contributed by atoms with Crippen LogP contribution in [-0.4, -0.2) is 11.5 Å². The Morgan fingerprint density at radius 2 is 1.79 bits per heavy atom. The first kappa shape index (κ1) is 11.7. The second kappa shape index (κ2) is 5.03. The highest BCUT2D eigenvalue weighted by Gasteiger charge is 2.25. The van der Waals surface area contributed by atoms with Crippen LogP contribution in [0.1, 0.15) is 0 Å². The molecule has 0 bridgehead atoms. The first-order chi connectivity index (χ1) is 6.68. The summed E-state index contributed by atoms with van der Waals surface area (Å²) in [5.74, 6) is 2.42. The standard InChI is InChI=1S/C8H8ClPS4/c9-7-1-3-8(4-2-7)14-10(11)12-5-6-13-10/h1-4H,5-6H2. The molecule has 6 heteroatoms. The molecule has 1 aliphatic heterocycles. The molecule has 2 rings (SSSR count). The minimum atomic E-state index is -1.27. The average Bonchev–Trinajstić information content (AvgIpc) is 2.57. The Kier molecular flexibility index (Phi) is 4.20. The molecule has 76 valence electrons. The van der Waals surface area contributed by atoms with Crippen molar-refractivity contribution < 1.29 is 0 Å². The second-order valence-corrected chi connectivity index (χ2v) is 18.8. The summed E-state index contributed by atoms with van der Waals surface area (Å²) >= 11 is 17.3. The van der Waals surface area contributed by atoms with E-state index in [1.807, 2.05) is 46.3 Å². The lowest BCUT2D eigenvalue weighted by Gasteiger charge is -2.11. The quantitative estimate of drug-likeness (QED) is 0.693. The molecular formula is C8H8ClPS4. The lowest BCUT2D eigenvalue weighted by atomic mass is 10.4. The molecule has 1 aliphatic rings. The summed E-state index contributed by atoms with van der Waals surface area (Å²) in [5.41, 5.74) is 0. The molecule has 1 fully saturated rings. The fourth-order valence-electron chi connectivity index (χ4n) is 1.01. The van der Waals surface area contributed by atoms with Crippen LogP contribution in [-0.2, 0) is 11.8 Å². The number of hydrogen-bond acceptors (Lipinski definition) is 4. The van der Waals surface area contributed by atoms with E-state index in [4.69, 9.17) is 23.4 Å². The van der Waals surface area contributed by atoms with E-state index in [2.05, 4.69) is 12.1 Å². The number of benzene rings is 1. The van der Waals surface area contributed by atoms with E-state index in [-0.39, 0.29) is 0 Å². The van der Waals surface area contributed by atoms with Gasteiger partial charge in [0, 0.05) is 21.4 Å². The summed E-state index contributed by atoms with van der Waals surface area (Å²) in [6.45, 7) is 0. The van der Waals surface area contributed by atoms with E-state index < -0.39 is 3.64 Å². The Morgan fingerprint density at radius 1 is 1.21 bits per heavy atom. The normalized spacial score (nSPS) is 19.8. The topological polar surface area (TPSA) is 0 Å². The maximum absolute atomic E-state index is 5.83. The Hall–Kier alpha value is 1.21. The zero-order chi connectivity index (χ0) is 10.0. The lowest BCUT2D eigenvalue weighted by molar-refractivity contribution is 1.48. The smallest absolute Gasteiger partial charge is 0.103 e. The van der Waals surface area contributed by atoms with Crippen molar-refractivity contribution in [1.82, 2.24) is 0 Å². The molecular weight excluding hydrogens is 291 g/mol. The number of rotatable bonds is 2. The first-order valence-corrected chi connectivity index (χ1v) is 11.8. The Labute approximate surface area is 106 Å². The maximum Gasteiger partial charge on any atom is 0.114 e. The minimum Gasteiger partial charge on any atom is -0.103 e. The van der Waals surface area contributed by atoms with Crippen molar-refractivity contribution >= 4 is 61.2 Å². The molecule has 0 spiro atoms. The predicted molar refractivity (Wildman–Crippen MR) is 76.5 cm³/mol. The molecule has 0 aromatic heterocycles. The van der Waals surface area contributed by atoms with Crippen molar-refractivity contribution in [3.05, 3.63) is 29.3 Å². The van der Waals surface area contributed by atoms with Crippen LogP contribution in [0.15, 0.2) is 29.2 Å². The molecule has 0 atom stereocenters. The fourth-order valence-corrected chi connectivity index (χ4v) is 15.2. The van der Waals surface area contributed by atoms with Crippen molar-refractivity contribution in [2.75, 3.05) is 11.5 Å². The van der Waals surface area contributed by atoms with Gasteiger partial charge < -0.3 is 0 Å². The number of hydrogen-bond donors (Lipinski definition) is 0. The molecule has 0 amide bonds. The summed E-state index contributed by atoms with van der Waals surface area (Å²) < 4.78 is -1.27. The molecule has 0 nitrogen and oxygen atoms in total. The summed E-state index contributed by atoms with van der Waals surface area (Å²) in [6, 6.07) is 7.97. The van der Waals surface area contributed by atoms with Crippen LogP contribution in [0.5, 0.6) is 0 Å². The van der Waals surface area contributed by atoms with Gasteiger partial charge in [0.25, 0.3) is 0 Å². The molecule has 0 radical (unpaired) electrons. The maximum atomic E-state index is 5.83. The van der Waals surface area contributed by atoms with Gasteiger partial charge in [-0.3, -0.25) is 0 Å². The van der Waals surface area contributed by atoms with Gasteiger partial charge in [-0.25, -0.2) is 0 Å². The van der Waals surface area contributed by atoms with Gasteiger partial charge in [-0.15, -0.1) is 22.8 Å². The zero-order valence-electron chi connectivity index (χ0n) is 7.18. The van der Waals surface area contributed by atoms with Gasteiger partial charge in [-0.05, 0) is 24.3 Å². The highest BCUT2D eigenvalue weighted by Crippen LogP contribution is 2.83. The molecule has 1 aromatic carbocycles. The molecule has 1 saturated heterocycles. The average molecular weight is 299 g/mol. The Balaban J connectivity index is 2.10. The van der Waals surface area contributed by atoms with E-state index >= 15 is 0 Å². The predicted octanol–water partition coefficient (Wildman–Crippen LogP) is 5.14. The van der Waals surface area contributed by atoms with Gasteiger partial charge in [0.1, 0.15) is 3.64 Å². The highest BCUT2D eigenvalue weighted by molar-refractivity contribution is 9.24. The van der Waals surface area contributed by atoms with Crippen molar-refractivity contribution in [2.45, 2.75) is 4.90 Å². The van der Waals surface area contributed by atoms with Crippen molar-refractivity contribution in [3.8, 4) is 0 Å². The summed E-state index contributed by atoms with van der Waals surface area (Å²) in [7, 11) is 0. The lowest BCUT2D eigenvalue weighted by Crippen LogP contribution is -1.67. The van der Waals surface area contributed by atoms with Crippen LogP contribution in [0.4, 0.5) is 0 Å².